The van der Waals surface area contributed by atoms with E-state index in [9.17, 15) is 29.0 Å². The van der Waals surface area contributed by atoms with E-state index in [1.807, 2.05) is 27.7 Å². The van der Waals surface area contributed by atoms with Crippen molar-refractivity contribution in [1.29, 1.82) is 0 Å². The summed E-state index contributed by atoms with van der Waals surface area (Å²) in [4.78, 5) is 73.8. The maximum atomic E-state index is 13.4. The molecule has 1 amide bonds. The number of carbonyl (C=O) groups excluding carboxylic acids is 4. The lowest BCUT2D eigenvalue weighted by molar-refractivity contribution is -0.139. The lowest BCUT2D eigenvalue weighted by Crippen LogP contribution is -2.54. The number of Topliss-reactive ketones (excluding diaryl/α,β-unsaturated/α-hetero) is 3. The molecule has 0 saturated heterocycles. The number of nitroso groups, excluding NO2 is 2. The van der Waals surface area contributed by atoms with Crippen LogP contribution >= 0.6 is 0 Å². The molecule has 0 heterocycles. The van der Waals surface area contributed by atoms with Crippen molar-refractivity contribution in [2.75, 3.05) is 13.1 Å². The van der Waals surface area contributed by atoms with Crippen LogP contribution in [0.1, 0.15) is 118 Å². The van der Waals surface area contributed by atoms with Crippen molar-refractivity contribution in [1.82, 2.24) is 10.6 Å². The van der Waals surface area contributed by atoms with Gasteiger partial charge in [-0.1, -0.05) is 57.3 Å². The fraction of sp³-hybridized carbons (Fsp3) is 0.862. The van der Waals surface area contributed by atoms with Crippen LogP contribution in [0.4, 0.5) is 0 Å². The second-order valence-corrected chi connectivity index (χ2v) is 11.0. The van der Waals surface area contributed by atoms with Gasteiger partial charge in [-0.2, -0.15) is 0 Å². The van der Waals surface area contributed by atoms with E-state index in [0.717, 1.165) is 44.9 Å². The summed E-state index contributed by atoms with van der Waals surface area (Å²) in [5.41, 5.74) is -1.50. The highest BCUT2D eigenvalue weighted by atomic mass is 16.3. The van der Waals surface area contributed by atoms with E-state index >= 15 is 0 Å². The van der Waals surface area contributed by atoms with Gasteiger partial charge in [0.1, 0.15) is 5.78 Å². The van der Waals surface area contributed by atoms with Crippen molar-refractivity contribution < 1.29 is 19.2 Å². The van der Waals surface area contributed by atoms with E-state index in [1.165, 1.54) is 0 Å². The summed E-state index contributed by atoms with van der Waals surface area (Å²) >= 11 is 0. The molecule has 1 aliphatic carbocycles. The maximum absolute atomic E-state index is 13.4. The molecular weight excluding hydrogens is 500 g/mol. The molecule has 0 unspecified atom stereocenters. The minimum Gasteiger partial charge on any atom is -0.353 e. The van der Waals surface area contributed by atoms with Crippen molar-refractivity contribution in [3.05, 3.63) is 9.81 Å². The number of ketones is 3. The number of hydrogen-bond acceptors (Lipinski definition) is 9. The van der Waals surface area contributed by atoms with Crippen molar-refractivity contribution >= 4 is 23.3 Å². The molecule has 1 fully saturated rings. The molecule has 1 saturated carbocycles. The first-order valence-corrected chi connectivity index (χ1v) is 14.9. The number of hydrogen-bond donors (Lipinski definition) is 2. The molecule has 0 aromatic rings. The predicted octanol–water partition coefficient (Wildman–Crippen LogP) is 5.20. The van der Waals surface area contributed by atoms with Gasteiger partial charge in [0, 0.05) is 31.3 Å². The Hall–Kier alpha value is -2.36. The highest BCUT2D eigenvalue weighted by Crippen LogP contribution is 2.48. The van der Waals surface area contributed by atoms with Gasteiger partial charge in [-0.05, 0) is 64.2 Å². The molecule has 10 heteroatoms. The van der Waals surface area contributed by atoms with Crippen LogP contribution in [0.3, 0.4) is 0 Å². The van der Waals surface area contributed by atoms with E-state index in [0.29, 0.717) is 38.5 Å². The number of rotatable bonds is 23. The minimum atomic E-state index is -1.72. The van der Waals surface area contributed by atoms with Gasteiger partial charge in [0.05, 0.1) is 5.54 Å². The van der Waals surface area contributed by atoms with Crippen molar-refractivity contribution in [3.8, 4) is 0 Å². The summed E-state index contributed by atoms with van der Waals surface area (Å²) in [6.45, 7) is 9.61. The van der Waals surface area contributed by atoms with Crippen LogP contribution in [0, 0.1) is 21.1 Å². The van der Waals surface area contributed by atoms with Crippen LogP contribution in [0.2, 0.25) is 0 Å². The fourth-order valence-corrected chi connectivity index (χ4v) is 5.97. The van der Waals surface area contributed by atoms with Crippen molar-refractivity contribution in [3.63, 3.8) is 0 Å². The summed E-state index contributed by atoms with van der Waals surface area (Å²) in [5, 5.41) is 11.7. The summed E-state index contributed by atoms with van der Waals surface area (Å²) in [7, 11) is 0. The molecule has 0 bridgehead atoms. The molecule has 0 aliphatic heterocycles. The van der Waals surface area contributed by atoms with Gasteiger partial charge >= 0.3 is 0 Å². The molecule has 2 atom stereocenters. The lowest BCUT2D eigenvalue weighted by Gasteiger charge is -2.44. The molecule has 0 radical (unpaired) electrons. The Bertz CT molecular complexity index is 834. The Kier molecular flexibility index (Phi) is 15.4. The quantitative estimate of drug-likeness (QED) is 0.131. The molecule has 222 valence electrons. The topological polar surface area (TPSA) is 151 Å². The zero-order valence-electron chi connectivity index (χ0n) is 24.7. The highest BCUT2D eigenvalue weighted by molar-refractivity contribution is 5.97. The molecule has 39 heavy (non-hydrogen) atoms. The average Bonchev–Trinajstić information content (AvgIpc) is 2.90. The van der Waals surface area contributed by atoms with Gasteiger partial charge < -0.3 is 15.4 Å². The predicted molar refractivity (Wildman–Crippen MR) is 152 cm³/mol. The Balaban J connectivity index is 2.70. The third-order valence-electron chi connectivity index (χ3n) is 9.01. The Morgan fingerprint density at radius 3 is 1.79 bits per heavy atom. The lowest BCUT2D eigenvalue weighted by atomic mass is 9.59. The Morgan fingerprint density at radius 2 is 1.36 bits per heavy atom. The number of nitrogens with one attached hydrogen (secondary N) is 2. The summed E-state index contributed by atoms with van der Waals surface area (Å²) in [5.74, 6) is -0.858. The van der Waals surface area contributed by atoms with Crippen molar-refractivity contribution in [2.24, 2.45) is 21.7 Å². The van der Waals surface area contributed by atoms with Crippen LogP contribution in [-0.2, 0) is 19.2 Å². The number of nitrogens with zero attached hydrogens (tertiary/aromatic N) is 2. The van der Waals surface area contributed by atoms with E-state index in [1.54, 1.807) is 6.92 Å². The van der Waals surface area contributed by atoms with Crippen LogP contribution in [0.25, 0.3) is 0 Å². The van der Waals surface area contributed by atoms with Crippen LogP contribution < -0.4 is 10.6 Å². The van der Waals surface area contributed by atoms with Crippen LogP contribution in [-0.4, -0.2) is 54.0 Å². The third kappa shape index (κ3) is 9.08. The number of carbonyl (C=O) groups is 4. The monoisotopic (exact) mass is 550 g/mol. The van der Waals surface area contributed by atoms with Crippen LogP contribution in [0.5, 0.6) is 0 Å². The second kappa shape index (κ2) is 17.4. The largest absolute Gasteiger partial charge is 0.353 e. The van der Waals surface area contributed by atoms with Crippen molar-refractivity contribution in [2.45, 2.75) is 136 Å². The molecule has 0 aromatic carbocycles. The summed E-state index contributed by atoms with van der Waals surface area (Å²) in [6, 6.07) is -3.38. The van der Waals surface area contributed by atoms with Gasteiger partial charge in [0.2, 0.25) is 6.04 Å². The summed E-state index contributed by atoms with van der Waals surface area (Å²) in [6.07, 6.45) is 9.39. The minimum absolute atomic E-state index is 0.0972. The maximum Gasteiger partial charge on any atom is 0.251 e. The normalized spacial score (nSPS) is 15.6. The SMILES string of the molecule is CCC(CC)(NCCNC(=O)[C@H](N=O)[C@@H](N=O)C(=O)C(CC)(CC)C1CCC1)C(=O)CCCCCCC(C)=O. The summed E-state index contributed by atoms with van der Waals surface area (Å²) < 4.78 is 0. The van der Waals surface area contributed by atoms with E-state index in [-0.39, 0.29) is 30.6 Å². The van der Waals surface area contributed by atoms with Gasteiger partial charge in [-0.3, -0.25) is 14.4 Å². The first-order valence-electron chi connectivity index (χ1n) is 14.9. The highest BCUT2D eigenvalue weighted by Gasteiger charge is 2.51. The molecule has 0 spiro atoms. The second-order valence-electron chi connectivity index (χ2n) is 11.0. The number of unbranched alkanes of at least 4 members (excludes halogenated alkanes) is 3. The molecule has 2 N–H and O–H groups in total. The average molecular weight is 551 g/mol. The first kappa shape index (κ1) is 34.7. The molecular formula is C29H50N4O6. The molecule has 1 rings (SSSR count). The van der Waals surface area contributed by atoms with Gasteiger partial charge in [0.25, 0.3) is 5.91 Å². The van der Waals surface area contributed by atoms with E-state index < -0.39 is 34.7 Å². The molecule has 10 nitrogen and oxygen atoms in total. The fourth-order valence-electron chi connectivity index (χ4n) is 5.97. The van der Waals surface area contributed by atoms with Gasteiger partial charge in [-0.25, -0.2) is 0 Å². The van der Waals surface area contributed by atoms with Gasteiger partial charge in [0.15, 0.2) is 17.6 Å². The smallest absolute Gasteiger partial charge is 0.251 e. The van der Waals surface area contributed by atoms with Gasteiger partial charge in [-0.15, -0.1) is 9.81 Å². The molecule has 1 aliphatic rings. The third-order valence-corrected chi connectivity index (χ3v) is 9.01. The van der Waals surface area contributed by atoms with E-state index in [4.69, 9.17) is 0 Å². The first-order chi connectivity index (χ1) is 18.6. The zero-order valence-corrected chi connectivity index (χ0v) is 24.7. The zero-order chi connectivity index (χ0) is 29.5. The van der Waals surface area contributed by atoms with Crippen LogP contribution in [0.15, 0.2) is 10.4 Å². The standard InChI is InChI=1S/C29H50N4O6/c1-6-28(7-2,22-16-14-17-22)26(36)24(32-38)25(33-39)27(37)30-19-20-31-29(8-3,9-4)23(35)18-13-11-10-12-15-21(5)34/h22,24-25,31H,6-20H2,1-5H3,(H,30,37)/t24-,25-/m1/s1. The molecule has 0 aromatic heterocycles. The van der Waals surface area contributed by atoms with E-state index in [2.05, 4.69) is 21.0 Å². The Morgan fingerprint density at radius 1 is 0.795 bits per heavy atom. The Labute approximate surface area is 233 Å². The number of amides is 1.